The quantitative estimate of drug-likeness (QED) is 0.870. The maximum absolute atomic E-state index is 12.3. The van der Waals surface area contributed by atoms with Gasteiger partial charge in [-0.1, -0.05) is 6.07 Å². The van der Waals surface area contributed by atoms with Gasteiger partial charge in [0.1, 0.15) is 0 Å². The van der Waals surface area contributed by atoms with Crippen molar-refractivity contribution in [2.75, 3.05) is 19.6 Å². The van der Waals surface area contributed by atoms with Crippen LogP contribution in [0.4, 0.5) is 0 Å². The molecule has 0 bridgehead atoms. The van der Waals surface area contributed by atoms with Gasteiger partial charge in [-0.25, -0.2) is 9.48 Å². The Bertz CT molecular complexity index is 711. The third kappa shape index (κ3) is 3.15. The predicted octanol–water partition coefficient (Wildman–Crippen LogP) is 0.128. The summed E-state index contributed by atoms with van der Waals surface area (Å²) in [4.78, 5) is 26.2. The molecular weight excluding hydrogens is 306 g/mol. The average Bonchev–Trinajstić information content (AvgIpc) is 2.82. The molecule has 3 heterocycles. The van der Waals surface area contributed by atoms with Crippen molar-refractivity contribution < 1.29 is 4.79 Å². The summed E-state index contributed by atoms with van der Waals surface area (Å²) in [6.07, 6.45) is 1.98. The lowest BCUT2D eigenvalue weighted by atomic mass is 10.2. The van der Waals surface area contributed by atoms with Crippen LogP contribution in [0, 0.1) is 0 Å². The van der Waals surface area contributed by atoms with Crippen molar-refractivity contribution in [2.24, 2.45) is 0 Å². The summed E-state index contributed by atoms with van der Waals surface area (Å²) >= 11 is 0. The largest absolute Gasteiger partial charge is 0.350 e. The second-order valence-corrected chi connectivity index (χ2v) is 5.32. The van der Waals surface area contributed by atoms with E-state index < -0.39 is 0 Å². The number of piperazine rings is 1. The Hall–Kier alpha value is -1.86. The number of fused-ring (bicyclic) bond motifs is 1. The zero-order valence-electron chi connectivity index (χ0n) is 12.4. The van der Waals surface area contributed by atoms with Gasteiger partial charge < -0.3 is 10.2 Å². The average molecular weight is 326 g/mol. The SMILES string of the molecule is C[C@H]1CNCCN1C(=O)CCn1nc2ccccn2c1=O.Cl. The monoisotopic (exact) mass is 325 g/mol. The minimum atomic E-state index is -0.202. The fraction of sp³-hybridized carbons (Fsp3) is 0.500. The standard InChI is InChI=1S/C14H19N5O2.ClH/c1-11-10-15-6-9-17(11)13(20)5-8-19-14(21)18-7-3-2-4-12(18)16-19;/h2-4,7,11,15H,5-6,8-10H2,1H3;1H/t11-;/m0./s1. The van der Waals surface area contributed by atoms with Crippen LogP contribution in [0.25, 0.3) is 5.65 Å². The molecule has 0 aromatic carbocycles. The number of nitrogens with zero attached hydrogens (tertiary/aromatic N) is 4. The summed E-state index contributed by atoms with van der Waals surface area (Å²) in [5.74, 6) is 0.0768. The Balaban J connectivity index is 0.00000176. The van der Waals surface area contributed by atoms with E-state index >= 15 is 0 Å². The summed E-state index contributed by atoms with van der Waals surface area (Å²) < 4.78 is 2.85. The lowest BCUT2D eigenvalue weighted by molar-refractivity contribution is -0.134. The van der Waals surface area contributed by atoms with Crippen LogP contribution in [-0.4, -0.2) is 50.7 Å². The molecule has 1 amide bonds. The Kier molecular flexibility index (Phi) is 5.20. The number of hydrogen-bond acceptors (Lipinski definition) is 4. The molecule has 8 heteroatoms. The molecule has 2 aromatic rings. The van der Waals surface area contributed by atoms with E-state index in [1.54, 1.807) is 18.3 Å². The van der Waals surface area contributed by atoms with Crippen molar-refractivity contribution in [3.63, 3.8) is 0 Å². The van der Waals surface area contributed by atoms with Crippen molar-refractivity contribution in [3.05, 3.63) is 34.9 Å². The normalized spacial score (nSPS) is 18.2. The summed E-state index contributed by atoms with van der Waals surface area (Å²) in [6, 6.07) is 5.59. The van der Waals surface area contributed by atoms with Crippen LogP contribution >= 0.6 is 12.4 Å². The smallest absolute Gasteiger partial charge is 0.337 e. The van der Waals surface area contributed by atoms with Gasteiger partial charge >= 0.3 is 5.69 Å². The van der Waals surface area contributed by atoms with Crippen molar-refractivity contribution in [1.29, 1.82) is 0 Å². The molecule has 0 aliphatic carbocycles. The minimum Gasteiger partial charge on any atom is -0.337 e. The van der Waals surface area contributed by atoms with Crippen LogP contribution < -0.4 is 11.0 Å². The van der Waals surface area contributed by atoms with E-state index in [1.807, 2.05) is 17.9 Å². The highest BCUT2D eigenvalue weighted by molar-refractivity contribution is 5.85. The first kappa shape index (κ1) is 16.5. The van der Waals surface area contributed by atoms with E-state index in [-0.39, 0.29) is 30.0 Å². The van der Waals surface area contributed by atoms with Crippen molar-refractivity contribution in [2.45, 2.75) is 25.9 Å². The molecule has 22 heavy (non-hydrogen) atoms. The molecule has 1 saturated heterocycles. The number of hydrogen-bond donors (Lipinski definition) is 1. The number of aromatic nitrogens is 3. The number of rotatable bonds is 3. The van der Waals surface area contributed by atoms with Gasteiger partial charge in [0.25, 0.3) is 0 Å². The molecule has 0 radical (unpaired) electrons. The molecule has 2 aromatic heterocycles. The summed E-state index contributed by atoms with van der Waals surface area (Å²) in [7, 11) is 0. The van der Waals surface area contributed by atoms with Gasteiger partial charge in [0.15, 0.2) is 5.65 Å². The number of carbonyl (C=O) groups is 1. The maximum Gasteiger partial charge on any atom is 0.350 e. The molecule has 1 fully saturated rings. The van der Waals surface area contributed by atoms with Crippen LogP contribution in [0.5, 0.6) is 0 Å². The Morgan fingerprint density at radius 2 is 2.27 bits per heavy atom. The van der Waals surface area contributed by atoms with Crippen LogP contribution in [0.1, 0.15) is 13.3 Å². The molecule has 0 unspecified atom stereocenters. The van der Waals surface area contributed by atoms with E-state index in [4.69, 9.17) is 0 Å². The maximum atomic E-state index is 12.3. The van der Waals surface area contributed by atoms with Crippen molar-refractivity contribution in [3.8, 4) is 0 Å². The number of pyridine rings is 1. The zero-order valence-corrected chi connectivity index (χ0v) is 13.3. The highest BCUT2D eigenvalue weighted by Gasteiger charge is 2.22. The van der Waals surface area contributed by atoms with Gasteiger partial charge in [0, 0.05) is 38.3 Å². The number of halogens is 1. The van der Waals surface area contributed by atoms with Gasteiger partial charge in [-0.15, -0.1) is 17.5 Å². The molecule has 1 atom stereocenters. The van der Waals surface area contributed by atoms with Gasteiger partial charge in [0.2, 0.25) is 5.91 Å². The van der Waals surface area contributed by atoms with Crippen molar-refractivity contribution in [1.82, 2.24) is 24.4 Å². The molecule has 1 aliphatic rings. The third-order valence-corrected chi connectivity index (χ3v) is 3.85. The Labute approximate surface area is 134 Å². The number of aryl methyl sites for hydroxylation is 1. The number of carbonyl (C=O) groups excluding carboxylic acids is 1. The second-order valence-electron chi connectivity index (χ2n) is 5.32. The van der Waals surface area contributed by atoms with Crippen LogP contribution in [0.15, 0.2) is 29.2 Å². The molecular formula is C14H20ClN5O2. The summed E-state index contributed by atoms with van der Waals surface area (Å²) in [6.45, 7) is 4.71. The Morgan fingerprint density at radius 3 is 3.00 bits per heavy atom. The predicted molar refractivity (Wildman–Crippen MR) is 85.4 cm³/mol. The molecule has 1 N–H and O–H groups in total. The lowest BCUT2D eigenvalue weighted by Crippen LogP contribution is -2.52. The third-order valence-electron chi connectivity index (χ3n) is 3.85. The first-order valence-electron chi connectivity index (χ1n) is 7.21. The molecule has 0 spiro atoms. The van der Waals surface area contributed by atoms with E-state index in [0.29, 0.717) is 18.6 Å². The van der Waals surface area contributed by atoms with Gasteiger partial charge in [-0.05, 0) is 19.1 Å². The van der Waals surface area contributed by atoms with Crippen LogP contribution in [-0.2, 0) is 11.3 Å². The first-order valence-corrected chi connectivity index (χ1v) is 7.21. The van der Waals surface area contributed by atoms with E-state index in [9.17, 15) is 9.59 Å². The molecule has 0 saturated carbocycles. The molecule has 1 aliphatic heterocycles. The molecule has 3 rings (SSSR count). The fourth-order valence-corrected chi connectivity index (χ4v) is 2.67. The highest BCUT2D eigenvalue weighted by atomic mass is 35.5. The second kappa shape index (κ2) is 6.93. The zero-order chi connectivity index (χ0) is 14.8. The summed E-state index contributed by atoms with van der Waals surface area (Å²) in [5, 5.41) is 7.49. The lowest BCUT2D eigenvalue weighted by Gasteiger charge is -2.34. The minimum absolute atomic E-state index is 0. The number of amides is 1. The number of nitrogens with one attached hydrogen (secondary N) is 1. The fourth-order valence-electron chi connectivity index (χ4n) is 2.67. The van der Waals surface area contributed by atoms with Gasteiger partial charge in [0.05, 0.1) is 6.54 Å². The van der Waals surface area contributed by atoms with Crippen LogP contribution in [0.2, 0.25) is 0 Å². The Morgan fingerprint density at radius 1 is 1.45 bits per heavy atom. The van der Waals surface area contributed by atoms with Crippen molar-refractivity contribution >= 4 is 24.0 Å². The summed E-state index contributed by atoms with van der Waals surface area (Å²) in [5.41, 5.74) is 0.400. The van der Waals surface area contributed by atoms with Gasteiger partial charge in [-0.2, -0.15) is 0 Å². The first-order chi connectivity index (χ1) is 10.2. The van der Waals surface area contributed by atoms with Crippen LogP contribution in [0.3, 0.4) is 0 Å². The highest BCUT2D eigenvalue weighted by Crippen LogP contribution is 2.05. The van der Waals surface area contributed by atoms with E-state index in [1.165, 1.54) is 9.08 Å². The van der Waals surface area contributed by atoms with E-state index in [0.717, 1.165) is 19.6 Å². The van der Waals surface area contributed by atoms with E-state index in [2.05, 4.69) is 10.4 Å². The topological polar surface area (TPSA) is 71.6 Å². The molecule has 120 valence electrons. The van der Waals surface area contributed by atoms with Gasteiger partial charge in [-0.3, -0.25) is 9.20 Å². The molecule has 7 nitrogen and oxygen atoms in total.